The van der Waals surface area contributed by atoms with E-state index >= 15 is 0 Å². The topological polar surface area (TPSA) is 57.3 Å². The van der Waals surface area contributed by atoms with Crippen molar-refractivity contribution in [1.82, 2.24) is 4.73 Å². The number of nitrogens with two attached hydrogens (primary N) is 1. The van der Waals surface area contributed by atoms with Crippen LogP contribution in [0.25, 0.3) is 10.9 Å². The number of rotatable bonds is 2. The zero-order chi connectivity index (χ0) is 13.2. The lowest BCUT2D eigenvalue weighted by Crippen LogP contribution is -2.18. The number of hydrogen-bond acceptors (Lipinski definition) is 3. The lowest BCUT2D eigenvalue weighted by Gasteiger charge is -2.06. The number of carbonyl (C=O) groups is 1. The summed E-state index contributed by atoms with van der Waals surface area (Å²) in [5.41, 5.74) is 7.51. The summed E-state index contributed by atoms with van der Waals surface area (Å²) in [6, 6.07) is 16.2. The lowest BCUT2D eigenvalue weighted by atomic mass is 10.2. The van der Waals surface area contributed by atoms with E-state index in [1.165, 1.54) is 4.73 Å². The molecule has 0 bridgehead atoms. The standard InChI is InChI=1S/C15H12N2O2/c16-13-7-5-12(6-8-13)15(18)19-17-10-9-11-3-1-2-4-14(11)17/h1-10H,16H2. The molecule has 0 radical (unpaired) electrons. The maximum absolute atomic E-state index is 12.0. The molecule has 0 atom stereocenters. The molecule has 0 aliphatic heterocycles. The van der Waals surface area contributed by atoms with Gasteiger partial charge in [-0.15, -0.1) is 0 Å². The highest BCUT2D eigenvalue weighted by atomic mass is 16.7. The van der Waals surface area contributed by atoms with Gasteiger partial charge in [0.15, 0.2) is 0 Å². The van der Waals surface area contributed by atoms with Crippen molar-refractivity contribution in [1.29, 1.82) is 0 Å². The normalized spacial score (nSPS) is 10.5. The number of nitrogens with zero attached hydrogens (tertiary/aromatic N) is 1. The van der Waals surface area contributed by atoms with Gasteiger partial charge in [0.2, 0.25) is 0 Å². The van der Waals surface area contributed by atoms with E-state index in [1.54, 1.807) is 30.5 Å². The third-order valence-electron chi connectivity index (χ3n) is 2.89. The van der Waals surface area contributed by atoms with Crippen molar-refractivity contribution in [2.75, 3.05) is 5.73 Å². The summed E-state index contributed by atoms with van der Waals surface area (Å²) in [6.07, 6.45) is 1.72. The molecule has 3 rings (SSSR count). The second-order valence-electron chi connectivity index (χ2n) is 4.20. The number of fused-ring (bicyclic) bond motifs is 1. The summed E-state index contributed by atoms with van der Waals surface area (Å²) in [5, 5.41) is 1.02. The number of hydrogen-bond donors (Lipinski definition) is 1. The van der Waals surface area contributed by atoms with Crippen molar-refractivity contribution in [3.05, 3.63) is 66.4 Å². The summed E-state index contributed by atoms with van der Waals surface area (Å²) in [6.45, 7) is 0. The van der Waals surface area contributed by atoms with Crippen molar-refractivity contribution in [2.45, 2.75) is 0 Å². The van der Waals surface area contributed by atoms with Crippen LogP contribution in [0.2, 0.25) is 0 Å². The predicted octanol–water partition coefficient (Wildman–Crippen LogP) is 2.49. The van der Waals surface area contributed by atoms with E-state index < -0.39 is 5.97 Å². The van der Waals surface area contributed by atoms with Crippen LogP contribution in [0.4, 0.5) is 5.69 Å². The first-order valence-electron chi connectivity index (χ1n) is 5.88. The van der Waals surface area contributed by atoms with E-state index in [1.807, 2.05) is 30.3 Å². The minimum Gasteiger partial charge on any atom is -0.399 e. The molecule has 1 heterocycles. The van der Waals surface area contributed by atoms with Gasteiger partial charge in [-0.05, 0) is 36.4 Å². The zero-order valence-electron chi connectivity index (χ0n) is 10.1. The molecular weight excluding hydrogens is 240 g/mol. The molecule has 4 nitrogen and oxygen atoms in total. The molecule has 0 saturated carbocycles. The fourth-order valence-corrected chi connectivity index (χ4v) is 1.90. The van der Waals surface area contributed by atoms with Gasteiger partial charge in [0.1, 0.15) is 0 Å². The monoisotopic (exact) mass is 252 g/mol. The molecule has 0 aliphatic rings. The number of para-hydroxylation sites is 1. The van der Waals surface area contributed by atoms with Crippen LogP contribution < -0.4 is 10.6 Å². The molecule has 4 heteroatoms. The highest BCUT2D eigenvalue weighted by molar-refractivity contribution is 5.90. The lowest BCUT2D eigenvalue weighted by molar-refractivity contribution is 0.0483. The molecule has 0 aliphatic carbocycles. The Hall–Kier alpha value is -2.75. The fourth-order valence-electron chi connectivity index (χ4n) is 1.90. The van der Waals surface area contributed by atoms with Crippen molar-refractivity contribution in [3.63, 3.8) is 0 Å². The molecule has 0 amide bonds. The molecular formula is C15H12N2O2. The van der Waals surface area contributed by atoms with E-state index in [0.29, 0.717) is 11.3 Å². The van der Waals surface area contributed by atoms with Crippen LogP contribution in [-0.2, 0) is 0 Å². The van der Waals surface area contributed by atoms with E-state index in [-0.39, 0.29) is 0 Å². The minimum absolute atomic E-state index is 0.415. The summed E-state index contributed by atoms with van der Waals surface area (Å²) in [4.78, 5) is 17.3. The van der Waals surface area contributed by atoms with E-state index in [9.17, 15) is 4.79 Å². The number of anilines is 1. The van der Waals surface area contributed by atoms with Gasteiger partial charge in [0.25, 0.3) is 0 Å². The number of nitrogen functional groups attached to an aromatic ring is 1. The van der Waals surface area contributed by atoms with Crippen molar-refractivity contribution >= 4 is 22.6 Å². The predicted molar refractivity (Wildman–Crippen MR) is 73.7 cm³/mol. The van der Waals surface area contributed by atoms with Gasteiger partial charge in [0.05, 0.1) is 11.1 Å². The van der Waals surface area contributed by atoms with Gasteiger partial charge in [-0.3, -0.25) is 0 Å². The fraction of sp³-hybridized carbons (Fsp3) is 0. The molecule has 0 unspecified atom stereocenters. The Morgan fingerprint density at radius 1 is 1.00 bits per heavy atom. The first-order valence-corrected chi connectivity index (χ1v) is 5.88. The molecule has 94 valence electrons. The first kappa shape index (κ1) is 11.3. The second-order valence-corrected chi connectivity index (χ2v) is 4.20. The summed E-state index contributed by atoms with van der Waals surface area (Å²) in [7, 11) is 0. The third-order valence-corrected chi connectivity index (χ3v) is 2.89. The van der Waals surface area contributed by atoms with Gasteiger partial charge in [-0.25, -0.2) is 4.79 Å². The average molecular weight is 252 g/mol. The number of benzene rings is 2. The smallest absolute Gasteiger partial charge is 0.363 e. The highest BCUT2D eigenvalue weighted by Crippen LogP contribution is 2.14. The van der Waals surface area contributed by atoms with Crippen molar-refractivity contribution in [3.8, 4) is 0 Å². The van der Waals surface area contributed by atoms with E-state index in [4.69, 9.17) is 10.6 Å². The van der Waals surface area contributed by atoms with Crippen LogP contribution in [0.3, 0.4) is 0 Å². The van der Waals surface area contributed by atoms with Gasteiger partial charge in [-0.1, -0.05) is 18.2 Å². The maximum atomic E-state index is 12.0. The van der Waals surface area contributed by atoms with E-state index in [0.717, 1.165) is 10.9 Å². The molecule has 0 spiro atoms. The van der Waals surface area contributed by atoms with Crippen LogP contribution in [0.15, 0.2) is 60.8 Å². The van der Waals surface area contributed by atoms with Crippen LogP contribution in [0.5, 0.6) is 0 Å². The average Bonchev–Trinajstić information content (AvgIpc) is 2.83. The summed E-state index contributed by atoms with van der Waals surface area (Å²) in [5.74, 6) is -0.415. The van der Waals surface area contributed by atoms with Gasteiger partial charge < -0.3 is 10.6 Å². The van der Waals surface area contributed by atoms with Crippen molar-refractivity contribution in [2.24, 2.45) is 0 Å². The second kappa shape index (κ2) is 4.49. The maximum Gasteiger partial charge on any atom is 0.363 e. The quantitative estimate of drug-likeness (QED) is 0.713. The Kier molecular flexibility index (Phi) is 2.68. The molecule has 0 saturated heterocycles. The van der Waals surface area contributed by atoms with Gasteiger partial charge >= 0.3 is 5.97 Å². The molecule has 0 fully saturated rings. The Morgan fingerprint density at radius 3 is 2.53 bits per heavy atom. The molecule has 1 aromatic heterocycles. The van der Waals surface area contributed by atoms with Gasteiger partial charge in [0, 0.05) is 17.3 Å². The van der Waals surface area contributed by atoms with Crippen LogP contribution in [-0.4, -0.2) is 10.7 Å². The van der Waals surface area contributed by atoms with Crippen LogP contribution in [0.1, 0.15) is 10.4 Å². The Morgan fingerprint density at radius 2 is 1.74 bits per heavy atom. The number of aromatic nitrogens is 1. The molecule has 3 aromatic rings. The third kappa shape index (κ3) is 2.15. The van der Waals surface area contributed by atoms with Crippen LogP contribution in [0, 0.1) is 0 Å². The molecule has 2 aromatic carbocycles. The highest BCUT2D eigenvalue weighted by Gasteiger charge is 2.09. The molecule has 19 heavy (non-hydrogen) atoms. The largest absolute Gasteiger partial charge is 0.399 e. The van der Waals surface area contributed by atoms with E-state index in [2.05, 4.69) is 0 Å². The Bertz CT molecular complexity index is 729. The minimum atomic E-state index is -0.415. The SMILES string of the molecule is Nc1ccc(C(=O)On2ccc3ccccc32)cc1. The van der Waals surface area contributed by atoms with Crippen LogP contribution >= 0.6 is 0 Å². The van der Waals surface area contributed by atoms with Gasteiger partial charge in [-0.2, -0.15) is 4.73 Å². The summed E-state index contributed by atoms with van der Waals surface area (Å²) >= 11 is 0. The molecule has 2 N–H and O–H groups in total. The first-order chi connectivity index (χ1) is 9.24. The van der Waals surface area contributed by atoms with Crippen molar-refractivity contribution < 1.29 is 9.63 Å². The Labute approximate surface area is 110 Å². The Balaban J connectivity index is 1.89. The summed E-state index contributed by atoms with van der Waals surface area (Å²) < 4.78 is 1.47. The zero-order valence-corrected chi connectivity index (χ0v) is 10.1. The number of carbonyl (C=O) groups excluding carboxylic acids is 1.